The van der Waals surface area contributed by atoms with Crippen LogP contribution < -0.4 is 0 Å². The SMILES string of the molecule is CN1C[C@H](CO)[C@@H](O)[C@@H]2c3ccccc3CC[C@H]21. The molecule has 0 aromatic heterocycles. The molecule has 3 heteroatoms. The quantitative estimate of drug-likeness (QED) is 0.778. The molecule has 1 aromatic rings. The van der Waals surface area contributed by atoms with Crippen LogP contribution in [-0.2, 0) is 6.42 Å². The van der Waals surface area contributed by atoms with Crippen LogP contribution in [0.25, 0.3) is 0 Å². The van der Waals surface area contributed by atoms with E-state index in [1.807, 2.05) is 0 Å². The smallest absolute Gasteiger partial charge is 0.0686 e. The predicted molar refractivity (Wildman–Crippen MR) is 70.5 cm³/mol. The van der Waals surface area contributed by atoms with Crippen molar-refractivity contribution in [3.8, 4) is 0 Å². The lowest BCUT2D eigenvalue weighted by Crippen LogP contribution is -2.55. The Bertz CT molecular complexity index is 434. The fraction of sp³-hybridized carbons (Fsp3) is 0.600. The second kappa shape index (κ2) is 4.65. The van der Waals surface area contributed by atoms with Crippen molar-refractivity contribution in [1.82, 2.24) is 4.90 Å². The molecule has 0 spiro atoms. The maximum Gasteiger partial charge on any atom is 0.0686 e. The summed E-state index contributed by atoms with van der Waals surface area (Å²) in [7, 11) is 2.11. The van der Waals surface area contributed by atoms with Crippen molar-refractivity contribution in [1.29, 1.82) is 0 Å². The van der Waals surface area contributed by atoms with Gasteiger partial charge in [-0.1, -0.05) is 24.3 Å². The Morgan fingerprint density at radius 1 is 1.33 bits per heavy atom. The maximum absolute atomic E-state index is 10.5. The van der Waals surface area contributed by atoms with Crippen molar-refractivity contribution in [2.75, 3.05) is 20.2 Å². The molecule has 1 heterocycles. The van der Waals surface area contributed by atoms with Gasteiger partial charge in [-0.25, -0.2) is 0 Å². The van der Waals surface area contributed by atoms with Crippen LogP contribution in [0.3, 0.4) is 0 Å². The monoisotopic (exact) mass is 247 g/mol. The summed E-state index contributed by atoms with van der Waals surface area (Å²) in [5.74, 6) is 0.133. The number of benzene rings is 1. The van der Waals surface area contributed by atoms with E-state index in [2.05, 4.69) is 36.2 Å². The lowest BCUT2D eigenvalue weighted by atomic mass is 9.70. The zero-order valence-corrected chi connectivity index (χ0v) is 10.8. The van der Waals surface area contributed by atoms with Gasteiger partial charge < -0.3 is 15.1 Å². The van der Waals surface area contributed by atoms with Crippen molar-refractivity contribution in [3.63, 3.8) is 0 Å². The molecule has 0 saturated carbocycles. The molecule has 0 amide bonds. The van der Waals surface area contributed by atoms with Crippen molar-refractivity contribution >= 4 is 0 Å². The van der Waals surface area contributed by atoms with Gasteiger partial charge in [0.1, 0.15) is 0 Å². The van der Waals surface area contributed by atoms with Crippen LogP contribution in [0.5, 0.6) is 0 Å². The predicted octanol–water partition coefficient (Wildman–Crippen LogP) is 1.000. The molecule has 0 unspecified atom stereocenters. The van der Waals surface area contributed by atoms with Crippen LogP contribution >= 0.6 is 0 Å². The first-order chi connectivity index (χ1) is 8.72. The van der Waals surface area contributed by atoms with Crippen molar-refractivity contribution in [2.45, 2.75) is 30.9 Å². The highest BCUT2D eigenvalue weighted by Gasteiger charge is 2.44. The third kappa shape index (κ3) is 1.78. The molecule has 18 heavy (non-hydrogen) atoms. The summed E-state index contributed by atoms with van der Waals surface area (Å²) in [4.78, 5) is 2.31. The van der Waals surface area contributed by atoms with Gasteiger partial charge in [-0.2, -0.15) is 0 Å². The highest BCUT2D eigenvalue weighted by molar-refractivity contribution is 5.36. The summed E-state index contributed by atoms with van der Waals surface area (Å²) in [5.41, 5.74) is 2.65. The van der Waals surface area contributed by atoms with Gasteiger partial charge in [0.25, 0.3) is 0 Å². The van der Waals surface area contributed by atoms with E-state index in [4.69, 9.17) is 0 Å². The van der Waals surface area contributed by atoms with Gasteiger partial charge in [0.05, 0.1) is 6.10 Å². The molecular formula is C15H21NO2. The van der Waals surface area contributed by atoms with Crippen LogP contribution in [0.1, 0.15) is 23.5 Å². The van der Waals surface area contributed by atoms with Crippen molar-refractivity contribution in [2.24, 2.45) is 5.92 Å². The fourth-order valence-electron chi connectivity index (χ4n) is 3.76. The summed E-state index contributed by atoms with van der Waals surface area (Å²) in [6, 6.07) is 8.85. The Balaban J connectivity index is 2.01. The average molecular weight is 247 g/mol. The number of aliphatic hydroxyl groups is 2. The Labute approximate surface area is 108 Å². The molecule has 1 saturated heterocycles. The van der Waals surface area contributed by atoms with Gasteiger partial charge in [-0.3, -0.25) is 0 Å². The standard InChI is InChI=1S/C15H21NO2/c1-16-8-11(9-17)15(18)14-12-5-3-2-4-10(12)6-7-13(14)16/h2-5,11,13-15,17-18H,6-9H2,1H3/t11-,13-,14-,15-/m1/s1. The van der Waals surface area contributed by atoms with Crippen molar-refractivity contribution < 1.29 is 10.2 Å². The van der Waals surface area contributed by atoms with E-state index >= 15 is 0 Å². The second-order valence-corrected chi connectivity index (χ2v) is 5.70. The lowest BCUT2D eigenvalue weighted by Gasteiger charge is -2.48. The molecule has 2 aliphatic rings. The van der Waals surface area contributed by atoms with Crippen LogP contribution in [0.4, 0.5) is 0 Å². The third-order valence-corrected chi connectivity index (χ3v) is 4.71. The van der Waals surface area contributed by atoms with Crippen LogP contribution in [0, 0.1) is 5.92 Å². The average Bonchev–Trinajstić information content (AvgIpc) is 2.41. The number of likely N-dealkylation sites (tertiary alicyclic amines) is 1. The Kier molecular flexibility index (Phi) is 3.14. The number of hydrogen-bond acceptors (Lipinski definition) is 3. The number of fused-ring (bicyclic) bond motifs is 3. The molecule has 3 nitrogen and oxygen atoms in total. The molecule has 98 valence electrons. The Hall–Kier alpha value is -0.900. The third-order valence-electron chi connectivity index (χ3n) is 4.71. The molecule has 0 bridgehead atoms. The second-order valence-electron chi connectivity index (χ2n) is 5.70. The topological polar surface area (TPSA) is 43.7 Å². The first-order valence-electron chi connectivity index (χ1n) is 6.79. The molecule has 4 atom stereocenters. The molecule has 1 aromatic carbocycles. The zero-order chi connectivity index (χ0) is 12.7. The number of piperidine rings is 1. The maximum atomic E-state index is 10.5. The van der Waals surface area contributed by atoms with E-state index in [1.54, 1.807) is 0 Å². The summed E-state index contributed by atoms with van der Waals surface area (Å²) in [5, 5.41) is 20.0. The van der Waals surface area contributed by atoms with E-state index < -0.39 is 6.10 Å². The van der Waals surface area contributed by atoms with E-state index in [1.165, 1.54) is 11.1 Å². The number of hydrogen-bond donors (Lipinski definition) is 2. The number of aliphatic hydroxyl groups excluding tert-OH is 2. The minimum absolute atomic E-state index is 0.0255. The Morgan fingerprint density at radius 2 is 2.11 bits per heavy atom. The molecule has 1 aliphatic heterocycles. The minimum atomic E-state index is -0.419. The van der Waals surface area contributed by atoms with Crippen LogP contribution in [0.2, 0.25) is 0 Å². The Morgan fingerprint density at radius 3 is 2.89 bits per heavy atom. The molecule has 2 N–H and O–H groups in total. The first kappa shape index (κ1) is 12.2. The summed E-state index contributed by atoms with van der Waals surface area (Å²) < 4.78 is 0. The summed E-state index contributed by atoms with van der Waals surface area (Å²) >= 11 is 0. The molecule has 0 radical (unpaired) electrons. The van der Waals surface area contributed by atoms with Gasteiger partial charge in [-0.15, -0.1) is 0 Å². The number of nitrogens with zero attached hydrogens (tertiary/aromatic N) is 1. The van der Waals surface area contributed by atoms with Crippen molar-refractivity contribution in [3.05, 3.63) is 35.4 Å². The van der Waals surface area contributed by atoms with E-state index in [9.17, 15) is 10.2 Å². The number of aryl methyl sites for hydroxylation is 1. The van der Waals surface area contributed by atoms with Crippen LogP contribution in [0.15, 0.2) is 24.3 Å². The fourth-order valence-corrected chi connectivity index (χ4v) is 3.76. The van der Waals surface area contributed by atoms with Gasteiger partial charge in [0, 0.05) is 31.0 Å². The number of likely N-dealkylation sites (N-methyl/N-ethyl adjacent to an activating group) is 1. The van der Waals surface area contributed by atoms with Gasteiger partial charge in [-0.05, 0) is 31.0 Å². The first-order valence-corrected chi connectivity index (χ1v) is 6.79. The van der Waals surface area contributed by atoms with E-state index in [0.29, 0.717) is 6.04 Å². The van der Waals surface area contributed by atoms with Crippen LogP contribution in [-0.4, -0.2) is 47.5 Å². The van der Waals surface area contributed by atoms with E-state index in [-0.39, 0.29) is 18.4 Å². The molecule has 3 rings (SSSR count). The molecular weight excluding hydrogens is 226 g/mol. The molecule has 1 aliphatic carbocycles. The van der Waals surface area contributed by atoms with Gasteiger partial charge in [0.2, 0.25) is 0 Å². The van der Waals surface area contributed by atoms with Gasteiger partial charge >= 0.3 is 0 Å². The highest BCUT2D eigenvalue weighted by atomic mass is 16.3. The lowest BCUT2D eigenvalue weighted by molar-refractivity contribution is -0.0418. The zero-order valence-electron chi connectivity index (χ0n) is 10.8. The van der Waals surface area contributed by atoms with E-state index in [0.717, 1.165) is 19.4 Å². The largest absolute Gasteiger partial charge is 0.396 e. The summed E-state index contributed by atoms with van der Waals surface area (Å²) in [6.07, 6.45) is 1.78. The number of rotatable bonds is 1. The normalized spacial score (nSPS) is 35.9. The summed E-state index contributed by atoms with van der Waals surface area (Å²) in [6.45, 7) is 0.859. The minimum Gasteiger partial charge on any atom is -0.396 e. The molecule has 1 fully saturated rings. The highest BCUT2D eigenvalue weighted by Crippen LogP contribution is 2.41. The van der Waals surface area contributed by atoms with Gasteiger partial charge in [0.15, 0.2) is 0 Å².